The molecule has 0 fully saturated rings. The molecule has 3 rings (SSSR count). The van der Waals surface area contributed by atoms with Crippen LogP contribution in [0.2, 0.25) is 0 Å². The standard InChI is InChI=1S/C24H23NO5/c1-2-23(26)29-16-14-25-24(27)30-22-10-6-9-19-17-20(11-12-21(19)22)28-15-13-18-7-4-3-5-8-18/h2-12,17H,1,13-16H2,(H,25,27). The number of hydrogen-bond acceptors (Lipinski definition) is 5. The maximum Gasteiger partial charge on any atom is 0.412 e. The van der Waals surface area contributed by atoms with Gasteiger partial charge < -0.3 is 19.5 Å². The number of rotatable bonds is 9. The van der Waals surface area contributed by atoms with E-state index in [1.54, 1.807) is 6.07 Å². The largest absolute Gasteiger partial charge is 0.493 e. The lowest BCUT2D eigenvalue weighted by Gasteiger charge is -2.11. The van der Waals surface area contributed by atoms with Crippen molar-refractivity contribution in [2.24, 2.45) is 0 Å². The Morgan fingerprint density at radius 2 is 1.80 bits per heavy atom. The summed E-state index contributed by atoms with van der Waals surface area (Å²) in [5, 5.41) is 4.23. The monoisotopic (exact) mass is 405 g/mol. The highest BCUT2D eigenvalue weighted by atomic mass is 16.6. The summed E-state index contributed by atoms with van der Waals surface area (Å²) in [4.78, 5) is 23.0. The van der Waals surface area contributed by atoms with Gasteiger partial charge in [-0.15, -0.1) is 0 Å². The predicted octanol–water partition coefficient (Wildman–Crippen LogP) is 4.28. The normalized spacial score (nSPS) is 10.3. The van der Waals surface area contributed by atoms with E-state index in [0.29, 0.717) is 12.4 Å². The highest BCUT2D eigenvalue weighted by Crippen LogP contribution is 2.29. The van der Waals surface area contributed by atoms with Gasteiger partial charge in [-0.3, -0.25) is 0 Å². The van der Waals surface area contributed by atoms with Crippen LogP contribution < -0.4 is 14.8 Å². The average molecular weight is 405 g/mol. The molecule has 1 N–H and O–H groups in total. The van der Waals surface area contributed by atoms with Crippen molar-refractivity contribution < 1.29 is 23.8 Å². The lowest BCUT2D eigenvalue weighted by molar-refractivity contribution is -0.137. The second-order valence-corrected chi connectivity index (χ2v) is 6.41. The highest BCUT2D eigenvalue weighted by Gasteiger charge is 2.09. The molecule has 6 nitrogen and oxygen atoms in total. The number of fused-ring (bicyclic) bond motifs is 1. The van der Waals surface area contributed by atoms with Crippen LogP contribution in [-0.4, -0.2) is 31.8 Å². The summed E-state index contributed by atoms with van der Waals surface area (Å²) >= 11 is 0. The Bertz CT molecular complexity index is 1020. The van der Waals surface area contributed by atoms with Crippen molar-refractivity contribution in [2.75, 3.05) is 19.8 Å². The summed E-state index contributed by atoms with van der Waals surface area (Å²) in [5.41, 5.74) is 1.22. The molecule has 0 aliphatic heterocycles. The van der Waals surface area contributed by atoms with Crippen LogP contribution in [0, 0.1) is 0 Å². The van der Waals surface area contributed by atoms with Gasteiger partial charge in [-0.1, -0.05) is 49.0 Å². The van der Waals surface area contributed by atoms with Gasteiger partial charge in [-0.05, 0) is 35.2 Å². The van der Waals surface area contributed by atoms with Crippen molar-refractivity contribution in [2.45, 2.75) is 6.42 Å². The molecule has 0 heterocycles. The summed E-state index contributed by atoms with van der Waals surface area (Å²) < 4.78 is 16.0. The van der Waals surface area contributed by atoms with Crippen molar-refractivity contribution in [1.82, 2.24) is 5.32 Å². The third-order valence-corrected chi connectivity index (χ3v) is 4.30. The Kier molecular flexibility index (Phi) is 7.44. The zero-order valence-corrected chi connectivity index (χ0v) is 16.5. The van der Waals surface area contributed by atoms with Crippen LogP contribution in [0.25, 0.3) is 10.8 Å². The summed E-state index contributed by atoms with van der Waals surface area (Å²) in [6.07, 6.45) is 1.26. The topological polar surface area (TPSA) is 73.9 Å². The molecule has 0 radical (unpaired) electrons. The Labute approximate surface area is 175 Å². The number of nitrogens with one attached hydrogen (secondary N) is 1. The quantitative estimate of drug-likeness (QED) is 0.327. The summed E-state index contributed by atoms with van der Waals surface area (Å²) in [5.74, 6) is 0.647. The number of esters is 1. The zero-order valence-electron chi connectivity index (χ0n) is 16.5. The summed E-state index contributed by atoms with van der Waals surface area (Å²) in [6.45, 7) is 4.06. The number of carbonyl (C=O) groups excluding carboxylic acids is 2. The van der Waals surface area contributed by atoms with Crippen LogP contribution in [0.5, 0.6) is 11.5 Å². The van der Waals surface area contributed by atoms with Gasteiger partial charge in [0, 0.05) is 17.9 Å². The van der Waals surface area contributed by atoms with Crippen LogP contribution in [0.15, 0.2) is 79.4 Å². The minimum absolute atomic E-state index is 0.0408. The molecule has 6 heteroatoms. The lowest BCUT2D eigenvalue weighted by Crippen LogP contribution is -2.30. The molecule has 1 amide bonds. The van der Waals surface area contributed by atoms with E-state index < -0.39 is 12.1 Å². The fourth-order valence-corrected chi connectivity index (χ4v) is 2.84. The fourth-order valence-electron chi connectivity index (χ4n) is 2.84. The molecule has 0 aliphatic rings. The average Bonchev–Trinajstić information content (AvgIpc) is 2.77. The Morgan fingerprint density at radius 1 is 0.967 bits per heavy atom. The molecule has 0 spiro atoms. The SMILES string of the molecule is C=CC(=O)OCCNC(=O)Oc1cccc2cc(OCCc3ccccc3)ccc12. The lowest BCUT2D eigenvalue weighted by atomic mass is 10.1. The summed E-state index contributed by atoms with van der Waals surface area (Å²) in [6, 6.07) is 21.2. The third kappa shape index (κ3) is 6.10. The van der Waals surface area contributed by atoms with Crippen LogP contribution in [-0.2, 0) is 16.0 Å². The molecule has 3 aromatic carbocycles. The Morgan fingerprint density at radius 3 is 2.60 bits per heavy atom. The van der Waals surface area contributed by atoms with Crippen LogP contribution in [0.1, 0.15) is 5.56 Å². The second kappa shape index (κ2) is 10.7. The highest BCUT2D eigenvalue weighted by molar-refractivity contribution is 5.91. The molecular formula is C24H23NO5. The van der Waals surface area contributed by atoms with Crippen LogP contribution >= 0.6 is 0 Å². The number of ether oxygens (including phenoxy) is 3. The van der Waals surface area contributed by atoms with Gasteiger partial charge in [-0.2, -0.15) is 0 Å². The first kappa shape index (κ1) is 20.9. The molecule has 0 unspecified atom stereocenters. The first-order valence-electron chi connectivity index (χ1n) is 9.60. The zero-order chi connectivity index (χ0) is 21.2. The molecule has 30 heavy (non-hydrogen) atoms. The van der Waals surface area contributed by atoms with Gasteiger partial charge in [-0.25, -0.2) is 9.59 Å². The van der Waals surface area contributed by atoms with Gasteiger partial charge in [0.15, 0.2) is 0 Å². The van der Waals surface area contributed by atoms with Gasteiger partial charge in [0.25, 0.3) is 0 Å². The van der Waals surface area contributed by atoms with E-state index in [2.05, 4.69) is 24.0 Å². The fraction of sp³-hybridized carbons (Fsp3) is 0.167. The third-order valence-electron chi connectivity index (χ3n) is 4.30. The van der Waals surface area contributed by atoms with E-state index in [-0.39, 0.29) is 13.2 Å². The maximum absolute atomic E-state index is 12.0. The molecule has 0 atom stereocenters. The van der Waals surface area contributed by atoms with Gasteiger partial charge in [0.1, 0.15) is 18.1 Å². The predicted molar refractivity (Wildman–Crippen MR) is 115 cm³/mol. The molecular weight excluding hydrogens is 382 g/mol. The second-order valence-electron chi connectivity index (χ2n) is 6.41. The molecule has 154 valence electrons. The molecule has 0 saturated carbocycles. The Balaban J connectivity index is 1.55. The smallest absolute Gasteiger partial charge is 0.412 e. The van der Waals surface area contributed by atoms with Crippen LogP contribution in [0.4, 0.5) is 4.79 Å². The minimum Gasteiger partial charge on any atom is -0.493 e. The number of benzene rings is 3. The van der Waals surface area contributed by atoms with Gasteiger partial charge in [0.2, 0.25) is 0 Å². The number of amides is 1. The van der Waals surface area contributed by atoms with E-state index in [1.807, 2.05) is 48.5 Å². The van der Waals surface area contributed by atoms with Gasteiger partial charge >= 0.3 is 12.1 Å². The molecule has 0 bridgehead atoms. The van der Waals surface area contributed by atoms with E-state index in [0.717, 1.165) is 29.0 Å². The molecule has 0 aliphatic carbocycles. The van der Waals surface area contributed by atoms with E-state index in [1.165, 1.54) is 5.56 Å². The first-order valence-corrected chi connectivity index (χ1v) is 9.60. The van der Waals surface area contributed by atoms with Crippen molar-refractivity contribution in [3.63, 3.8) is 0 Å². The minimum atomic E-state index is -0.625. The number of carbonyl (C=O) groups is 2. The molecule has 3 aromatic rings. The van der Waals surface area contributed by atoms with Crippen molar-refractivity contribution >= 4 is 22.8 Å². The maximum atomic E-state index is 12.0. The van der Waals surface area contributed by atoms with Crippen molar-refractivity contribution in [3.05, 3.63) is 84.9 Å². The van der Waals surface area contributed by atoms with E-state index >= 15 is 0 Å². The summed E-state index contributed by atoms with van der Waals surface area (Å²) in [7, 11) is 0. The van der Waals surface area contributed by atoms with E-state index in [4.69, 9.17) is 14.2 Å². The Hall–Kier alpha value is -3.80. The van der Waals surface area contributed by atoms with Gasteiger partial charge in [0.05, 0.1) is 13.2 Å². The van der Waals surface area contributed by atoms with Crippen LogP contribution in [0.3, 0.4) is 0 Å². The molecule has 0 saturated heterocycles. The van der Waals surface area contributed by atoms with E-state index in [9.17, 15) is 9.59 Å². The molecule has 0 aromatic heterocycles. The number of hydrogen-bond donors (Lipinski definition) is 1. The first-order chi connectivity index (χ1) is 14.7. The van der Waals surface area contributed by atoms with Crippen molar-refractivity contribution in [3.8, 4) is 11.5 Å². The van der Waals surface area contributed by atoms with Crippen molar-refractivity contribution in [1.29, 1.82) is 0 Å².